The Bertz CT molecular complexity index is 627. The highest BCUT2D eigenvalue weighted by Crippen LogP contribution is 2.14. The Balaban J connectivity index is 1.95. The standard InChI is InChI=1S/C15H20N4O3/c1-4-12(14(20)18-13-8-10(2)22-19-13)17-9-11-6-5-7-16-15(11)21-3/h5-8,12,17H,4,9H2,1-3H3,(H,18,19,20)/t12-/m0/s1. The minimum Gasteiger partial charge on any atom is -0.481 e. The van der Waals surface area contributed by atoms with Gasteiger partial charge >= 0.3 is 0 Å². The number of pyridine rings is 1. The number of rotatable bonds is 7. The number of nitrogens with one attached hydrogen (secondary N) is 2. The predicted molar refractivity (Wildman–Crippen MR) is 81.6 cm³/mol. The second-order valence-electron chi connectivity index (χ2n) is 4.83. The molecule has 1 amide bonds. The van der Waals surface area contributed by atoms with Gasteiger partial charge in [-0.15, -0.1) is 0 Å². The third-order valence-electron chi connectivity index (χ3n) is 3.19. The summed E-state index contributed by atoms with van der Waals surface area (Å²) < 4.78 is 10.1. The number of hydrogen-bond acceptors (Lipinski definition) is 6. The van der Waals surface area contributed by atoms with Crippen LogP contribution in [-0.4, -0.2) is 29.2 Å². The average molecular weight is 304 g/mol. The summed E-state index contributed by atoms with van der Waals surface area (Å²) in [6.45, 7) is 4.19. The smallest absolute Gasteiger partial charge is 0.242 e. The van der Waals surface area contributed by atoms with E-state index in [9.17, 15) is 4.79 Å². The molecular formula is C15H20N4O3. The number of methoxy groups -OCH3 is 1. The van der Waals surface area contributed by atoms with E-state index in [1.165, 1.54) is 0 Å². The van der Waals surface area contributed by atoms with E-state index >= 15 is 0 Å². The van der Waals surface area contributed by atoms with Crippen LogP contribution in [0, 0.1) is 6.92 Å². The van der Waals surface area contributed by atoms with Crippen molar-refractivity contribution in [3.8, 4) is 5.88 Å². The number of anilines is 1. The summed E-state index contributed by atoms with van der Waals surface area (Å²) in [7, 11) is 1.57. The quantitative estimate of drug-likeness (QED) is 0.812. The first kappa shape index (κ1) is 16.0. The van der Waals surface area contributed by atoms with Gasteiger partial charge in [0.15, 0.2) is 5.82 Å². The van der Waals surface area contributed by atoms with Gasteiger partial charge in [0.2, 0.25) is 11.8 Å². The Kier molecular flexibility index (Phi) is 5.48. The molecule has 0 saturated heterocycles. The van der Waals surface area contributed by atoms with Crippen LogP contribution in [0.5, 0.6) is 5.88 Å². The molecule has 1 atom stereocenters. The molecule has 0 aliphatic heterocycles. The van der Waals surface area contributed by atoms with Gasteiger partial charge in [0.1, 0.15) is 5.76 Å². The van der Waals surface area contributed by atoms with Crippen molar-refractivity contribution in [1.82, 2.24) is 15.5 Å². The Labute approximate surface area is 129 Å². The lowest BCUT2D eigenvalue weighted by Crippen LogP contribution is -2.39. The molecule has 22 heavy (non-hydrogen) atoms. The molecule has 0 radical (unpaired) electrons. The lowest BCUT2D eigenvalue weighted by molar-refractivity contribution is -0.118. The van der Waals surface area contributed by atoms with Gasteiger partial charge in [-0.2, -0.15) is 0 Å². The molecule has 7 heteroatoms. The zero-order valence-electron chi connectivity index (χ0n) is 12.9. The molecule has 2 aromatic rings. The molecule has 0 aromatic carbocycles. The fraction of sp³-hybridized carbons (Fsp3) is 0.400. The van der Waals surface area contributed by atoms with Gasteiger partial charge in [0.05, 0.1) is 13.2 Å². The highest BCUT2D eigenvalue weighted by atomic mass is 16.5. The van der Waals surface area contributed by atoms with Crippen molar-refractivity contribution < 1.29 is 14.1 Å². The molecule has 0 aliphatic carbocycles. The lowest BCUT2D eigenvalue weighted by atomic mass is 10.2. The summed E-state index contributed by atoms with van der Waals surface area (Å²) in [5.74, 6) is 1.47. The maximum Gasteiger partial charge on any atom is 0.242 e. The summed E-state index contributed by atoms with van der Waals surface area (Å²) in [6, 6.07) is 5.07. The van der Waals surface area contributed by atoms with Crippen LogP contribution in [0.3, 0.4) is 0 Å². The van der Waals surface area contributed by atoms with E-state index in [2.05, 4.69) is 20.8 Å². The highest BCUT2D eigenvalue weighted by Gasteiger charge is 2.18. The summed E-state index contributed by atoms with van der Waals surface area (Å²) in [5.41, 5.74) is 0.897. The van der Waals surface area contributed by atoms with Crippen molar-refractivity contribution in [2.24, 2.45) is 0 Å². The molecule has 0 fully saturated rings. The highest BCUT2D eigenvalue weighted by molar-refractivity contribution is 5.93. The Hall–Kier alpha value is -2.41. The lowest BCUT2D eigenvalue weighted by Gasteiger charge is -2.16. The van der Waals surface area contributed by atoms with Gasteiger partial charge in [-0.25, -0.2) is 4.98 Å². The average Bonchev–Trinajstić information content (AvgIpc) is 2.93. The first-order valence-corrected chi connectivity index (χ1v) is 7.09. The number of aryl methyl sites for hydroxylation is 1. The van der Waals surface area contributed by atoms with Gasteiger partial charge in [-0.1, -0.05) is 18.1 Å². The van der Waals surface area contributed by atoms with Crippen LogP contribution < -0.4 is 15.4 Å². The first-order valence-electron chi connectivity index (χ1n) is 7.09. The molecular weight excluding hydrogens is 284 g/mol. The Morgan fingerprint density at radius 2 is 2.32 bits per heavy atom. The maximum atomic E-state index is 12.2. The zero-order chi connectivity index (χ0) is 15.9. The second-order valence-corrected chi connectivity index (χ2v) is 4.83. The van der Waals surface area contributed by atoms with Gasteiger partial charge in [-0.05, 0) is 19.4 Å². The van der Waals surface area contributed by atoms with Gasteiger partial charge in [-0.3, -0.25) is 4.79 Å². The van der Waals surface area contributed by atoms with E-state index in [0.29, 0.717) is 30.4 Å². The summed E-state index contributed by atoms with van der Waals surface area (Å²) in [4.78, 5) is 16.4. The third-order valence-corrected chi connectivity index (χ3v) is 3.19. The number of carbonyl (C=O) groups excluding carboxylic acids is 1. The third kappa shape index (κ3) is 4.05. The van der Waals surface area contributed by atoms with E-state index < -0.39 is 0 Å². The van der Waals surface area contributed by atoms with Gasteiger partial charge in [0, 0.05) is 24.4 Å². The molecule has 0 saturated carbocycles. The molecule has 0 aliphatic rings. The number of nitrogens with zero attached hydrogens (tertiary/aromatic N) is 2. The van der Waals surface area contributed by atoms with Crippen molar-refractivity contribution in [1.29, 1.82) is 0 Å². The molecule has 118 valence electrons. The Morgan fingerprint density at radius 3 is 2.95 bits per heavy atom. The predicted octanol–water partition coefficient (Wildman–Crippen LogP) is 1.89. The Morgan fingerprint density at radius 1 is 1.50 bits per heavy atom. The summed E-state index contributed by atoms with van der Waals surface area (Å²) in [6.07, 6.45) is 2.31. The van der Waals surface area contributed by atoms with Gasteiger partial charge in [0.25, 0.3) is 0 Å². The van der Waals surface area contributed by atoms with Crippen molar-refractivity contribution in [2.75, 3.05) is 12.4 Å². The zero-order valence-corrected chi connectivity index (χ0v) is 12.9. The van der Waals surface area contributed by atoms with E-state index in [4.69, 9.17) is 9.26 Å². The number of ether oxygens (including phenoxy) is 1. The van der Waals surface area contributed by atoms with Crippen molar-refractivity contribution in [2.45, 2.75) is 32.9 Å². The second kappa shape index (κ2) is 7.56. The summed E-state index contributed by atoms with van der Waals surface area (Å²) in [5, 5.41) is 9.68. The fourth-order valence-corrected chi connectivity index (χ4v) is 2.04. The number of aromatic nitrogens is 2. The maximum absolute atomic E-state index is 12.2. The van der Waals surface area contributed by atoms with Crippen LogP contribution in [-0.2, 0) is 11.3 Å². The van der Waals surface area contributed by atoms with Crippen LogP contribution in [0.15, 0.2) is 28.9 Å². The van der Waals surface area contributed by atoms with Crippen LogP contribution >= 0.6 is 0 Å². The van der Waals surface area contributed by atoms with Crippen LogP contribution in [0.4, 0.5) is 5.82 Å². The summed E-state index contributed by atoms with van der Waals surface area (Å²) >= 11 is 0. The minimum atomic E-state index is -0.345. The van der Waals surface area contributed by atoms with Crippen molar-refractivity contribution >= 4 is 11.7 Å². The molecule has 2 N–H and O–H groups in total. The molecule has 0 unspecified atom stereocenters. The van der Waals surface area contributed by atoms with E-state index in [-0.39, 0.29) is 11.9 Å². The molecule has 7 nitrogen and oxygen atoms in total. The van der Waals surface area contributed by atoms with E-state index in [1.807, 2.05) is 19.1 Å². The number of hydrogen-bond donors (Lipinski definition) is 2. The monoisotopic (exact) mass is 304 g/mol. The minimum absolute atomic E-state index is 0.154. The molecule has 0 spiro atoms. The van der Waals surface area contributed by atoms with E-state index in [0.717, 1.165) is 5.56 Å². The number of amides is 1. The molecule has 0 bridgehead atoms. The van der Waals surface area contributed by atoms with Crippen molar-refractivity contribution in [3.63, 3.8) is 0 Å². The van der Waals surface area contributed by atoms with Crippen LogP contribution in [0.2, 0.25) is 0 Å². The topological polar surface area (TPSA) is 89.3 Å². The van der Waals surface area contributed by atoms with Gasteiger partial charge < -0.3 is 19.9 Å². The fourth-order valence-electron chi connectivity index (χ4n) is 2.04. The molecule has 2 heterocycles. The molecule has 2 rings (SSSR count). The van der Waals surface area contributed by atoms with Crippen molar-refractivity contribution in [3.05, 3.63) is 35.7 Å². The van der Waals surface area contributed by atoms with E-state index in [1.54, 1.807) is 26.3 Å². The number of carbonyl (C=O) groups is 1. The van der Waals surface area contributed by atoms with Crippen LogP contribution in [0.1, 0.15) is 24.7 Å². The largest absolute Gasteiger partial charge is 0.481 e. The van der Waals surface area contributed by atoms with Crippen LogP contribution in [0.25, 0.3) is 0 Å². The molecule has 2 aromatic heterocycles. The first-order chi connectivity index (χ1) is 10.6. The SMILES string of the molecule is CC[C@H](NCc1cccnc1OC)C(=O)Nc1cc(C)on1. The normalized spacial score (nSPS) is 12.0.